The third-order valence-corrected chi connectivity index (χ3v) is 4.52. The van der Waals surface area contributed by atoms with Crippen LogP contribution in [-0.4, -0.2) is 25.5 Å². The minimum Gasteiger partial charge on any atom is -0.480 e. The normalized spacial score (nSPS) is 14.0. The zero-order valence-electron chi connectivity index (χ0n) is 12.2. The summed E-state index contributed by atoms with van der Waals surface area (Å²) in [6, 6.07) is 5.38. The quantitative estimate of drug-likeness (QED) is 0.872. The first kappa shape index (κ1) is 16.7. The monoisotopic (exact) mass is 299 g/mol. The van der Waals surface area contributed by atoms with Crippen molar-refractivity contribution in [3.63, 3.8) is 0 Å². The van der Waals surface area contributed by atoms with E-state index in [1.165, 1.54) is 12.1 Å². The van der Waals surface area contributed by atoms with E-state index < -0.39 is 22.0 Å². The average Bonchev–Trinajstić information content (AvgIpc) is 2.35. The second kappa shape index (κ2) is 5.93. The van der Waals surface area contributed by atoms with Crippen LogP contribution in [0.15, 0.2) is 29.2 Å². The van der Waals surface area contributed by atoms with Crippen molar-refractivity contribution in [1.82, 2.24) is 4.72 Å². The molecule has 0 fully saturated rings. The predicted octanol–water partition coefficient (Wildman–Crippen LogP) is 2.13. The van der Waals surface area contributed by atoms with E-state index in [9.17, 15) is 13.2 Å². The van der Waals surface area contributed by atoms with E-state index in [0.29, 0.717) is 0 Å². The summed E-state index contributed by atoms with van der Waals surface area (Å²) in [6.07, 6.45) is 0.189. The van der Waals surface area contributed by atoms with Crippen LogP contribution in [0.25, 0.3) is 0 Å². The number of aliphatic carboxylic acids is 1. The Kier molecular flexibility index (Phi) is 4.94. The van der Waals surface area contributed by atoms with Crippen LogP contribution < -0.4 is 4.72 Å². The molecule has 0 saturated heterocycles. The van der Waals surface area contributed by atoms with Crippen molar-refractivity contribution in [3.8, 4) is 0 Å². The summed E-state index contributed by atoms with van der Waals surface area (Å²) < 4.78 is 26.4. The molecule has 0 amide bonds. The minimum absolute atomic E-state index is 0.0667. The fourth-order valence-corrected chi connectivity index (χ4v) is 2.97. The first-order chi connectivity index (χ1) is 9.08. The van der Waals surface area contributed by atoms with Gasteiger partial charge in [-0.3, -0.25) is 4.79 Å². The molecule has 1 atom stereocenters. The second-order valence-electron chi connectivity index (χ2n) is 5.69. The SMILES string of the molecule is CC[C@H](NS(=O)(=O)c1ccc(C(C)(C)C)cc1)C(=O)O. The third kappa shape index (κ3) is 4.05. The van der Waals surface area contributed by atoms with Gasteiger partial charge >= 0.3 is 5.97 Å². The van der Waals surface area contributed by atoms with Gasteiger partial charge in [-0.25, -0.2) is 8.42 Å². The van der Waals surface area contributed by atoms with E-state index in [4.69, 9.17) is 5.11 Å². The Balaban J connectivity index is 3.02. The summed E-state index contributed by atoms with van der Waals surface area (Å²) in [7, 11) is -3.81. The predicted molar refractivity (Wildman–Crippen MR) is 77.2 cm³/mol. The van der Waals surface area contributed by atoms with Gasteiger partial charge in [0.05, 0.1) is 4.90 Å². The first-order valence-electron chi connectivity index (χ1n) is 6.43. The lowest BCUT2D eigenvalue weighted by atomic mass is 9.87. The number of carbonyl (C=O) groups is 1. The van der Waals surface area contributed by atoms with E-state index in [-0.39, 0.29) is 16.7 Å². The van der Waals surface area contributed by atoms with Crippen LogP contribution >= 0.6 is 0 Å². The maximum absolute atomic E-state index is 12.1. The molecule has 0 spiro atoms. The van der Waals surface area contributed by atoms with Gasteiger partial charge in [-0.05, 0) is 29.5 Å². The van der Waals surface area contributed by atoms with Crippen LogP contribution in [-0.2, 0) is 20.2 Å². The van der Waals surface area contributed by atoms with Gasteiger partial charge in [-0.2, -0.15) is 4.72 Å². The van der Waals surface area contributed by atoms with Gasteiger partial charge in [0.1, 0.15) is 6.04 Å². The zero-order chi connectivity index (χ0) is 15.6. The largest absolute Gasteiger partial charge is 0.480 e. The molecule has 0 radical (unpaired) electrons. The van der Waals surface area contributed by atoms with Crippen molar-refractivity contribution in [2.75, 3.05) is 0 Å². The third-order valence-electron chi connectivity index (χ3n) is 3.03. The molecule has 5 nitrogen and oxygen atoms in total. The van der Waals surface area contributed by atoms with Crippen molar-refractivity contribution in [3.05, 3.63) is 29.8 Å². The number of nitrogens with one attached hydrogen (secondary N) is 1. The van der Waals surface area contributed by atoms with Crippen molar-refractivity contribution in [2.45, 2.75) is 50.5 Å². The van der Waals surface area contributed by atoms with Crippen LogP contribution in [0.4, 0.5) is 0 Å². The summed E-state index contributed by atoms with van der Waals surface area (Å²) in [5.41, 5.74) is 0.949. The lowest BCUT2D eigenvalue weighted by Crippen LogP contribution is -2.40. The number of rotatable bonds is 5. The molecule has 0 aliphatic carbocycles. The zero-order valence-corrected chi connectivity index (χ0v) is 13.0. The number of carboxylic acid groups (broad SMARTS) is 1. The fourth-order valence-electron chi connectivity index (χ4n) is 1.70. The molecule has 1 aromatic rings. The number of carboxylic acids is 1. The summed E-state index contributed by atoms with van der Waals surface area (Å²) in [6.45, 7) is 7.72. The van der Waals surface area contributed by atoms with Crippen LogP contribution in [0.2, 0.25) is 0 Å². The molecule has 20 heavy (non-hydrogen) atoms. The summed E-state index contributed by atoms with van der Waals surface area (Å²) in [5, 5.41) is 8.91. The molecule has 6 heteroatoms. The Bertz CT molecular complexity index is 570. The van der Waals surface area contributed by atoms with Gasteiger partial charge in [0.25, 0.3) is 0 Å². The molecule has 112 valence electrons. The molecule has 0 unspecified atom stereocenters. The van der Waals surface area contributed by atoms with Crippen molar-refractivity contribution < 1.29 is 18.3 Å². The first-order valence-corrected chi connectivity index (χ1v) is 7.92. The molecular formula is C14H21NO4S. The van der Waals surface area contributed by atoms with Gasteiger partial charge < -0.3 is 5.11 Å². The number of hydrogen-bond donors (Lipinski definition) is 2. The molecule has 1 aromatic carbocycles. The van der Waals surface area contributed by atoms with Crippen molar-refractivity contribution in [2.24, 2.45) is 0 Å². The Labute approximate surface area is 120 Å². The van der Waals surface area contributed by atoms with Crippen LogP contribution in [0.1, 0.15) is 39.7 Å². The smallest absolute Gasteiger partial charge is 0.321 e. The summed E-state index contributed by atoms with van der Waals surface area (Å²) in [4.78, 5) is 11.0. The molecular weight excluding hydrogens is 278 g/mol. The Morgan fingerprint density at radius 3 is 2.10 bits per heavy atom. The van der Waals surface area contributed by atoms with Gasteiger partial charge in [-0.15, -0.1) is 0 Å². The van der Waals surface area contributed by atoms with Crippen LogP contribution in [0.5, 0.6) is 0 Å². The van der Waals surface area contributed by atoms with Crippen LogP contribution in [0.3, 0.4) is 0 Å². The highest BCUT2D eigenvalue weighted by Gasteiger charge is 2.24. The van der Waals surface area contributed by atoms with Gasteiger partial charge in [-0.1, -0.05) is 39.8 Å². The Morgan fingerprint density at radius 2 is 1.75 bits per heavy atom. The lowest BCUT2D eigenvalue weighted by Gasteiger charge is -2.19. The molecule has 0 saturated carbocycles. The van der Waals surface area contributed by atoms with Gasteiger partial charge in [0.2, 0.25) is 10.0 Å². The highest BCUT2D eigenvalue weighted by molar-refractivity contribution is 7.89. The molecule has 0 bridgehead atoms. The fraction of sp³-hybridized carbons (Fsp3) is 0.500. The van der Waals surface area contributed by atoms with E-state index >= 15 is 0 Å². The maximum atomic E-state index is 12.1. The number of hydrogen-bond acceptors (Lipinski definition) is 3. The topological polar surface area (TPSA) is 83.5 Å². The molecule has 2 N–H and O–H groups in total. The van der Waals surface area contributed by atoms with Crippen molar-refractivity contribution in [1.29, 1.82) is 0 Å². The second-order valence-corrected chi connectivity index (χ2v) is 7.41. The van der Waals surface area contributed by atoms with E-state index in [0.717, 1.165) is 5.56 Å². The standard InChI is InChI=1S/C14H21NO4S/c1-5-12(13(16)17)15-20(18,19)11-8-6-10(7-9-11)14(2,3)4/h6-9,12,15H,5H2,1-4H3,(H,16,17)/t12-/m0/s1. The van der Waals surface area contributed by atoms with E-state index in [2.05, 4.69) is 4.72 Å². The number of benzene rings is 1. The highest BCUT2D eigenvalue weighted by atomic mass is 32.2. The molecule has 1 rings (SSSR count). The Hall–Kier alpha value is -1.40. The van der Waals surface area contributed by atoms with Crippen molar-refractivity contribution >= 4 is 16.0 Å². The molecule has 0 aromatic heterocycles. The maximum Gasteiger partial charge on any atom is 0.321 e. The molecule has 0 aliphatic rings. The average molecular weight is 299 g/mol. The summed E-state index contributed by atoms with van der Waals surface area (Å²) >= 11 is 0. The van der Waals surface area contributed by atoms with E-state index in [1.54, 1.807) is 19.1 Å². The van der Waals surface area contributed by atoms with Gasteiger partial charge in [0.15, 0.2) is 0 Å². The summed E-state index contributed by atoms with van der Waals surface area (Å²) in [5.74, 6) is -1.18. The lowest BCUT2D eigenvalue weighted by molar-refractivity contribution is -0.139. The highest BCUT2D eigenvalue weighted by Crippen LogP contribution is 2.23. The van der Waals surface area contributed by atoms with Crippen LogP contribution in [0, 0.1) is 0 Å². The molecule has 0 heterocycles. The van der Waals surface area contributed by atoms with Gasteiger partial charge in [0, 0.05) is 0 Å². The number of sulfonamides is 1. The van der Waals surface area contributed by atoms with E-state index in [1.807, 2.05) is 20.8 Å². The molecule has 0 aliphatic heterocycles. The minimum atomic E-state index is -3.81. The Morgan fingerprint density at radius 1 is 1.25 bits per heavy atom.